The highest BCUT2D eigenvalue weighted by molar-refractivity contribution is 5.87. The van der Waals surface area contributed by atoms with Crippen molar-refractivity contribution in [3.05, 3.63) is 64.8 Å². The Morgan fingerprint density at radius 3 is 2.77 bits per heavy atom. The number of aromatic nitrogens is 1. The SMILES string of the molecule is COc1ccc2c(c1)c1c(n2CCc2cccc(C)c2)CC(C)N(C)C1. The van der Waals surface area contributed by atoms with Gasteiger partial charge in [-0.3, -0.25) is 4.90 Å². The third-order valence-electron chi connectivity index (χ3n) is 5.85. The van der Waals surface area contributed by atoms with Crippen LogP contribution < -0.4 is 4.74 Å². The molecule has 0 saturated heterocycles. The Labute approximate surface area is 156 Å². The molecule has 1 aliphatic rings. The van der Waals surface area contributed by atoms with E-state index < -0.39 is 0 Å². The van der Waals surface area contributed by atoms with E-state index in [4.69, 9.17) is 4.74 Å². The van der Waals surface area contributed by atoms with Gasteiger partial charge in [-0.25, -0.2) is 0 Å². The van der Waals surface area contributed by atoms with Crippen molar-refractivity contribution < 1.29 is 4.74 Å². The molecule has 0 saturated carbocycles. The van der Waals surface area contributed by atoms with Gasteiger partial charge >= 0.3 is 0 Å². The molecular weight excluding hydrogens is 320 g/mol. The third-order valence-corrected chi connectivity index (χ3v) is 5.85. The minimum atomic E-state index is 0.575. The molecule has 26 heavy (non-hydrogen) atoms. The van der Waals surface area contributed by atoms with Crippen LogP contribution >= 0.6 is 0 Å². The number of likely N-dealkylation sites (N-methyl/N-ethyl adjacent to an activating group) is 1. The number of aryl methyl sites for hydroxylation is 3. The lowest BCUT2D eigenvalue weighted by Gasteiger charge is -2.31. The molecule has 1 aromatic heterocycles. The van der Waals surface area contributed by atoms with Crippen LogP contribution in [0.2, 0.25) is 0 Å². The summed E-state index contributed by atoms with van der Waals surface area (Å²) < 4.78 is 8.04. The van der Waals surface area contributed by atoms with Gasteiger partial charge in [0.1, 0.15) is 5.75 Å². The molecule has 2 aromatic carbocycles. The first-order valence-electron chi connectivity index (χ1n) is 9.50. The van der Waals surface area contributed by atoms with E-state index in [1.165, 1.54) is 33.3 Å². The van der Waals surface area contributed by atoms with Gasteiger partial charge < -0.3 is 9.30 Å². The van der Waals surface area contributed by atoms with Gasteiger partial charge in [0.2, 0.25) is 0 Å². The Bertz CT molecular complexity index is 941. The molecule has 1 aliphatic heterocycles. The molecule has 0 spiro atoms. The molecular formula is C23H28N2O. The molecule has 0 bridgehead atoms. The lowest BCUT2D eigenvalue weighted by molar-refractivity contribution is 0.228. The molecule has 0 aliphatic carbocycles. The number of rotatable bonds is 4. The standard InChI is InChI=1S/C23H28N2O/c1-16-6-5-7-18(12-16)10-11-25-22-9-8-19(26-4)14-20(22)21-15-24(3)17(2)13-23(21)25/h5-9,12,14,17H,10-11,13,15H2,1-4H3. The fraction of sp³-hybridized carbons (Fsp3) is 0.391. The highest BCUT2D eigenvalue weighted by Crippen LogP contribution is 2.34. The first kappa shape index (κ1) is 17.2. The Balaban J connectivity index is 1.76. The zero-order chi connectivity index (χ0) is 18.3. The topological polar surface area (TPSA) is 17.4 Å². The predicted molar refractivity (Wildman–Crippen MR) is 108 cm³/mol. The van der Waals surface area contributed by atoms with Crippen LogP contribution in [-0.4, -0.2) is 29.7 Å². The maximum absolute atomic E-state index is 5.49. The quantitative estimate of drug-likeness (QED) is 0.687. The zero-order valence-corrected chi connectivity index (χ0v) is 16.2. The summed E-state index contributed by atoms with van der Waals surface area (Å²) in [4.78, 5) is 2.45. The second-order valence-electron chi connectivity index (χ2n) is 7.67. The Hall–Kier alpha value is -2.26. The summed E-state index contributed by atoms with van der Waals surface area (Å²) in [6, 6.07) is 16.0. The van der Waals surface area contributed by atoms with Gasteiger partial charge in [-0.05, 0) is 56.6 Å². The van der Waals surface area contributed by atoms with E-state index in [0.717, 1.165) is 31.7 Å². The molecule has 1 unspecified atom stereocenters. The van der Waals surface area contributed by atoms with Crippen LogP contribution in [0.15, 0.2) is 42.5 Å². The Kier molecular flexibility index (Phi) is 4.49. The second-order valence-corrected chi connectivity index (χ2v) is 7.67. The number of methoxy groups -OCH3 is 1. The van der Waals surface area contributed by atoms with Crippen molar-refractivity contribution in [2.24, 2.45) is 0 Å². The summed E-state index contributed by atoms with van der Waals surface area (Å²) in [6.07, 6.45) is 2.17. The summed E-state index contributed by atoms with van der Waals surface area (Å²) in [5.41, 5.74) is 7.07. The largest absolute Gasteiger partial charge is 0.497 e. The first-order chi connectivity index (χ1) is 12.6. The van der Waals surface area contributed by atoms with Crippen molar-refractivity contribution in [2.45, 2.75) is 45.8 Å². The molecule has 0 radical (unpaired) electrons. The number of ether oxygens (including phenoxy) is 1. The van der Waals surface area contributed by atoms with Gasteiger partial charge in [0, 0.05) is 42.1 Å². The van der Waals surface area contributed by atoms with Crippen LogP contribution in [-0.2, 0) is 25.9 Å². The number of hydrogen-bond acceptors (Lipinski definition) is 2. The van der Waals surface area contributed by atoms with Crippen LogP contribution in [0.4, 0.5) is 0 Å². The molecule has 1 atom stereocenters. The lowest BCUT2D eigenvalue weighted by Crippen LogP contribution is -2.35. The monoisotopic (exact) mass is 348 g/mol. The Morgan fingerprint density at radius 1 is 1.15 bits per heavy atom. The van der Waals surface area contributed by atoms with Crippen LogP contribution in [0.1, 0.15) is 29.3 Å². The van der Waals surface area contributed by atoms with E-state index in [1.54, 1.807) is 7.11 Å². The molecule has 0 amide bonds. The van der Waals surface area contributed by atoms with Crippen LogP contribution in [0.5, 0.6) is 5.75 Å². The minimum Gasteiger partial charge on any atom is -0.497 e. The summed E-state index contributed by atoms with van der Waals surface area (Å²) in [5, 5.41) is 1.35. The van der Waals surface area contributed by atoms with E-state index in [-0.39, 0.29) is 0 Å². The fourth-order valence-corrected chi connectivity index (χ4v) is 4.20. The van der Waals surface area contributed by atoms with Crippen molar-refractivity contribution in [1.29, 1.82) is 0 Å². The highest BCUT2D eigenvalue weighted by Gasteiger charge is 2.26. The van der Waals surface area contributed by atoms with Crippen molar-refractivity contribution in [3.8, 4) is 5.75 Å². The van der Waals surface area contributed by atoms with Gasteiger partial charge in [-0.2, -0.15) is 0 Å². The summed E-state index contributed by atoms with van der Waals surface area (Å²) in [7, 11) is 3.97. The predicted octanol–water partition coefficient (Wildman–Crippen LogP) is 4.58. The van der Waals surface area contributed by atoms with Gasteiger partial charge in [0.05, 0.1) is 7.11 Å². The average molecular weight is 348 g/mol. The number of nitrogens with zero attached hydrogens (tertiary/aromatic N) is 2. The first-order valence-corrected chi connectivity index (χ1v) is 9.50. The Morgan fingerprint density at radius 2 is 2.00 bits per heavy atom. The summed E-state index contributed by atoms with van der Waals surface area (Å²) >= 11 is 0. The average Bonchev–Trinajstić information content (AvgIpc) is 2.92. The highest BCUT2D eigenvalue weighted by atomic mass is 16.5. The van der Waals surface area contributed by atoms with Crippen molar-refractivity contribution in [3.63, 3.8) is 0 Å². The molecule has 4 rings (SSSR count). The van der Waals surface area contributed by atoms with Crippen molar-refractivity contribution in [2.75, 3.05) is 14.2 Å². The normalized spacial score (nSPS) is 17.5. The van der Waals surface area contributed by atoms with E-state index in [2.05, 4.69) is 72.8 Å². The van der Waals surface area contributed by atoms with Crippen molar-refractivity contribution in [1.82, 2.24) is 9.47 Å². The van der Waals surface area contributed by atoms with E-state index in [1.807, 2.05) is 0 Å². The van der Waals surface area contributed by atoms with Crippen molar-refractivity contribution >= 4 is 10.9 Å². The van der Waals surface area contributed by atoms with Gasteiger partial charge in [-0.1, -0.05) is 29.8 Å². The maximum atomic E-state index is 5.49. The molecule has 136 valence electrons. The maximum Gasteiger partial charge on any atom is 0.119 e. The van der Waals surface area contributed by atoms with E-state index in [0.29, 0.717) is 6.04 Å². The number of fused-ring (bicyclic) bond motifs is 3. The molecule has 0 fully saturated rings. The van der Waals surface area contributed by atoms with Gasteiger partial charge in [-0.15, -0.1) is 0 Å². The number of benzene rings is 2. The fourth-order valence-electron chi connectivity index (χ4n) is 4.20. The number of hydrogen-bond donors (Lipinski definition) is 0. The summed E-state index contributed by atoms with van der Waals surface area (Å²) in [5.74, 6) is 0.942. The van der Waals surface area contributed by atoms with Crippen LogP contribution in [0.25, 0.3) is 10.9 Å². The van der Waals surface area contributed by atoms with Crippen LogP contribution in [0, 0.1) is 6.92 Å². The molecule has 3 heteroatoms. The van der Waals surface area contributed by atoms with Gasteiger partial charge in [0.15, 0.2) is 0 Å². The lowest BCUT2D eigenvalue weighted by atomic mass is 10.00. The minimum absolute atomic E-state index is 0.575. The van der Waals surface area contributed by atoms with E-state index >= 15 is 0 Å². The third kappa shape index (κ3) is 3.01. The molecule has 3 nitrogen and oxygen atoms in total. The van der Waals surface area contributed by atoms with E-state index in [9.17, 15) is 0 Å². The van der Waals surface area contributed by atoms with Crippen LogP contribution in [0.3, 0.4) is 0 Å². The zero-order valence-electron chi connectivity index (χ0n) is 16.2. The van der Waals surface area contributed by atoms with Gasteiger partial charge in [0.25, 0.3) is 0 Å². The smallest absolute Gasteiger partial charge is 0.119 e. The second kappa shape index (κ2) is 6.81. The molecule has 3 aromatic rings. The summed E-state index contributed by atoms with van der Waals surface area (Å²) in [6.45, 7) is 6.53. The molecule has 0 N–H and O–H groups in total. The molecule has 2 heterocycles.